The molecule has 0 aromatic carbocycles. The Hall–Kier alpha value is -0.580. The van der Waals surface area contributed by atoms with Crippen molar-refractivity contribution in [2.24, 2.45) is 0 Å². The fourth-order valence-corrected chi connectivity index (χ4v) is 1.07. The minimum Gasteiger partial charge on any atom is -0.202 e. The standard InChI is InChI=1S/C3H2F7NO2S/c4-1(5)11(2(6)7)14(12,13)3(8,9)10/h1-2H. The van der Waals surface area contributed by atoms with Gasteiger partial charge in [0.1, 0.15) is 0 Å². The van der Waals surface area contributed by atoms with Gasteiger partial charge in [0.05, 0.1) is 0 Å². The summed E-state index contributed by atoms with van der Waals surface area (Å²) in [6, 6.07) is 0. The van der Waals surface area contributed by atoms with Gasteiger partial charge in [-0.15, -0.1) is 0 Å². The Kier molecular flexibility index (Phi) is 3.72. The summed E-state index contributed by atoms with van der Waals surface area (Å²) in [4.78, 5) is 0. The van der Waals surface area contributed by atoms with Crippen LogP contribution in [0.4, 0.5) is 30.7 Å². The first-order valence-electron chi connectivity index (χ1n) is 2.68. The second kappa shape index (κ2) is 3.88. The van der Waals surface area contributed by atoms with Crippen LogP contribution in [0.1, 0.15) is 0 Å². The molecule has 0 fully saturated rings. The van der Waals surface area contributed by atoms with Crippen LogP contribution in [-0.4, -0.2) is 31.3 Å². The predicted molar refractivity (Wildman–Crippen MR) is 28.8 cm³/mol. The van der Waals surface area contributed by atoms with Crippen molar-refractivity contribution >= 4 is 10.0 Å². The van der Waals surface area contributed by atoms with Crippen molar-refractivity contribution in [2.75, 3.05) is 0 Å². The third-order valence-electron chi connectivity index (χ3n) is 0.955. The van der Waals surface area contributed by atoms with E-state index in [2.05, 4.69) is 0 Å². The van der Waals surface area contributed by atoms with Gasteiger partial charge in [0.2, 0.25) is 0 Å². The largest absolute Gasteiger partial charge is 0.512 e. The average Bonchev–Trinajstić information content (AvgIpc) is 1.79. The van der Waals surface area contributed by atoms with Gasteiger partial charge < -0.3 is 0 Å². The first-order chi connectivity index (χ1) is 6.01. The number of hydrogen-bond donors (Lipinski definition) is 0. The summed E-state index contributed by atoms with van der Waals surface area (Å²) >= 11 is 0. The van der Waals surface area contributed by atoms with Crippen LogP contribution in [0, 0.1) is 0 Å². The van der Waals surface area contributed by atoms with Crippen LogP contribution < -0.4 is 0 Å². The molecule has 0 bridgehead atoms. The van der Waals surface area contributed by atoms with E-state index in [0.29, 0.717) is 0 Å². The zero-order chi connectivity index (χ0) is 11.7. The number of nitrogens with zero attached hydrogens (tertiary/aromatic N) is 1. The third kappa shape index (κ3) is 2.47. The van der Waals surface area contributed by atoms with Crippen molar-refractivity contribution in [3.05, 3.63) is 0 Å². The Morgan fingerprint density at radius 3 is 1.29 bits per heavy atom. The number of alkyl halides is 7. The maximum absolute atomic E-state index is 11.5. The van der Waals surface area contributed by atoms with Crippen molar-refractivity contribution in [1.29, 1.82) is 0 Å². The Labute approximate surface area is 73.1 Å². The highest BCUT2D eigenvalue weighted by molar-refractivity contribution is 7.90. The Morgan fingerprint density at radius 2 is 1.21 bits per heavy atom. The van der Waals surface area contributed by atoms with Crippen molar-refractivity contribution in [2.45, 2.75) is 18.6 Å². The van der Waals surface area contributed by atoms with E-state index in [1.54, 1.807) is 0 Å². The predicted octanol–water partition coefficient (Wildman–Crippen LogP) is 1.58. The minimum absolute atomic E-state index is 2.22. The van der Waals surface area contributed by atoms with Gasteiger partial charge in [-0.1, -0.05) is 4.31 Å². The van der Waals surface area contributed by atoms with E-state index in [1.807, 2.05) is 0 Å². The summed E-state index contributed by atoms with van der Waals surface area (Å²) in [5.74, 6) is 0. The highest BCUT2D eigenvalue weighted by Gasteiger charge is 2.55. The number of rotatable bonds is 3. The Balaban J connectivity index is 5.24. The molecule has 0 rings (SSSR count). The van der Waals surface area contributed by atoms with Gasteiger partial charge in [-0.25, -0.2) is 8.42 Å². The first kappa shape index (κ1) is 13.4. The molecule has 0 aliphatic carbocycles. The monoisotopic (exact) mass is 249 g/mol. The number of halogens is 7. The van der Waals surface area contributed by atoms with Gasteiger partial charge in [-0.3, -0.25) is 0 Å². The van der Waals surface area contributed by atoms with Gasteiger partial charge in [0, 0.05) is 0 Å². The lowest BCUT2D eigenvalue weighted by Crippen LogP contribution is -2.46. The van der Waals surface area contributed by atoms with Crippen LogP contribution in [0.25, 0.3) is 0 Å². The van der Waals surface area contributed by atoms with Crippen molar-refractivity contribution in [1.82, 2.24) is 4.31 Å². The van der Waals surface area contributed by atoms with Crippen LogP contribution in [0.15, 0.2) is 0 Å². The maximum Gasteiger partial charge on any atom is 0.512 e. The number of hydrogen-bond acceptors (Lipinski definition) is 2. The van der Waals surface area contributed by atoms with E-state index in [0.717, 1.165) is 0 Å². The molecule has 0 aromatic heterocycles. The first-order valence-corrected chi connectivity index (χ1v) is 4.12. The molecule has 14 heavy (non-hydrogen) atoms. The van der Waals surface area contributed by atoms with Crippen LogP contribution in [0.5, 0.6) is 0 Å². The molecule has 0 aliphatic rings. The van der Waals surface area contributed by atoms with Gasteiger partial charge in [0.15, 0.2) is 0 Å². The Bertz CT molecular complexity index is 274. The molecule has 0 aliphatic heterocycles. The molecular formula is C3H2F7NO2S. The van der Waals surface area contributed by atoms with Crippen molar-refractivity contribution in [3.8, 4) is 0 Å². The Morgan fingerprint density at radius 1 is 0.929 bits per heavy atom. The van der Waals surface area contributed by atoms with E-state index in [1.165, 1.54) is 0 Å². The van der Waals surface area contributed by atoms with E-state index in [4.69, 9.17) is 0 Å². The highest BCUT2D eigenvalue weighted by atomic mass is 32.2. The lowest BCUT2D eigenvalue weighted by Gasteiger charge is -2.20. The van der Waals surface area contributed by atoms with Gasteiger partial charge >= 0.3 is 28.6 Å². The fourth-order valence-electron chi connectivity index (χ4n) is 0.415. The molecule has 0 aromatic rings. The highest BCUT2D eigenvalue weighted by Crippen LogP contribution is 2.31. The van der Waals surface area contributed by atoms with Gasteiger partial charge in [0.25, 0.3) is 0 Å². The normalized spacial score (nSPS) is 14.4. The average molecular weight is 249 g/mol. The van der Waals surface area contributed by atoms with Crippen LogP contribution in [0.3, 0.4) is 0 Å². The smallest absolute Gasteiger partial charge is 0.202 e. The van der Waals surface area contributed by atoms with Gasteiger partial charge in [-0.05, 0) is 0 Å². The second-order valence-electron chi connectivity index (χ2n) is 1.84. The van der Waals surface area contributed by atoms with Gasteiger partial charge in [-0.2, -0.15) is 30.7 Å². The molecule has 0 amide bonds. The minimum atomic E-state index is -6.70. The van der Waals surface area contributed by atoms with E-state index >= 15 is 0 Å². The molecule has 11 heteroatoms. The summed E-state index contributed by atoms with van der Waals surface area (Å²) in [7, 11) is -6.70. The van der Waals surface area contributed by atoms with Crippen molar-refractivity contribution < 1.29 is 39.2 Å². The third-order valence-corrected chi connectivity index (χ3v) is 2.41. The quantitative estimate of drug-likeness (QED) is 0.562. The molecular weight excluding hydrogens is 247 g/mol. The summed E-state index contributed by atoms with van der Waals surface area (Å²) in [5.41, 5.74) is -6.18. The molecule has 0 unspecified atom stereocenters. The molecule has 0 atom stereocenters. The van der Waals surface area contributed by atoms with E-state index < -0.39 is 32.9 Å². The molecule has 0 spiro atoms. The lowest BCUT2D eigenvalue weighted by molar-refractivity contribution is -0.107. The fraction of sp³-hybridized carbons (Fsp3) is 1.00. The van der Waals surface area contributed by atoms with Crippen LogP contribution >= 0.6 is 0 Å². The van der Waals surface area contributed by atoms with E-state index in [9.17, 15) is 39.2 Å². The topological polar surface area (TPSA) is 37.4 Å². The number of sulfonamides is 1. The molecule has 86 valence electrons. The van der Waals surface area contributed by atoms with Crippen molar-refractivity contribution in [3.63, 3.8) is 0 Å². The lowest BCUT2D eigenvalue weighted by atomic mass is 11.1. The molecule has 0 saturated carbocycles. The molecule has 0 heterocycles. The zero-order valence-corrected chi connectivity index (χ0v) is 6.79. The summed E-state index contributed by atoms with van der Waals surface area (Å²) in [6.45, 7) is -8.91. The molecule has 0 N–H and O–H groups in total. The SMILES string of the molecule is O=S(=O)(N(C(F)F)C(F)F)C(F)(F)F. The van der Waals surface area contributed by atoms with Crippen LogP contribution in [0.2, 0.25) is 0 Å². The maximum atomic E-state index is 11.5. The summed E-state index contributed by atoms with van der Waals surface area (Å²) in [5, 5.41) is 0. The molecule has 0 saturated heterocycles. The molecule has 3 nitrogen and oxygen atoms in total. The summed E-state index contributed by atoms with van der Waals surface area (Å²) < 4.78 is 98.6. The zero-order valence-electron chi connectivity index (χ0n) is 5.97. The van der Waals surface area contributed by atoms with E-state index in [-0.39, 0.29) is 0 Å². The molecule has 0 radical (unpaired) electrons. The summed E-state index contributed by atoms with van der Waals surface area (Å²) in [6.07, 6.45) is 0. The second-order valence-corrected chi connectivity index (χ2v) is 3.67. The van der Waals surface area contributed by atoms with Crippen LogP contribution in [-0.2, 0) is 10.0 Å².